The first-order valence-electron chi connectivity index (χ1n) is 4.89. The van der Waals surface area contributed by atoms with Crippen LogP contribution in [-0.2, 0) is 4.74 Å². The van der Waals surface area contributed by atoms with Gasteiger partial charge in [-0.2, -0.15) is 0 Å². The van der Waals surface area contributed by atoms with Crippen LogP contribution in [0.4, 0.5) is 0 Å². The van der Waals surface area contributed by atoms with E-state index < -0.39 is 0 Å². The molecule has 1 aromatic rings. The third kappa shape index (κ3) is 1.76. The van der Waals surface area contributed by atoms with Gasteiger partial charge in [-0.1, -0.05) is 0 Å². The van der Waals surface area contributed by atoms with Gasteiger partial charge in [0, 0.05) is 18.8 Å². The first-order valence-corrected chi connectivity index (χ1v) is 4.89. The molecule has 1 aliphatic rings. The lowest BCUT2D eigenvalue weighted by Gasteiger charge is -2.24. The Morgan fingerprint density at radius 3 is 3.00 bits per heavy atom. The molecule has 4 heteroatoms. The van der Waals surface area contributed by atoms with Gasteiger partial charge in [-0.3, -0.25) is 0 Å². The van der Waals surface area contributed by atoms with Crippen LogP contribution in [0.1, 0.15) is 23.1 Å². The van der Waals surface area contributed by atoms with Gasteiger partial charge < -0.3 is 10.1 Å². The molecule has 1 fully saturated rings. The molecule has 1 atom stereocenters. The second kappa shape index (κ2) is 4.02. The molecule has 0 spiro atoms. The van der Waals surface area contributed by atoms with E-state index in [1.165, 1.54) is 0 Å². The molecule has 76 valence electrons. The Labute approximate surface area is 83.7 Å². The first-order chi connectivity index (χ1) is 6.79. The molecule has 1 aliphatic heterocycles. The largest absolute Gasteiger partial charge is 0.369 e. The Hall–Kier alpha value is -1.00. The van der Waals surface area contributed by atoms with Crippen LogP contribution in [0.5, 0.6) is 0 Å². The second-order valence-electron chi connectivity index (χ2n) is 3.53. The van der Waals surface area contributed by atoms with Crippen LogP contribution in [0.25, 0.3) is 0 Å². The van der Waals surface area contributed by atoms with E-state index in [9.17, 15) is 0 Å². The molecule has 0 aromatic carbocycles. The quantitative estimate of drug-likeness (QED) is 0.715. The topological polar surface area (TPSA) is 47.0 Å². The van der Waals surface area contributed by atoms with Gasteiger partial charge in [0.1, 0.15) is 12.4 Å². The van der Waals surface area contributed by atoms with Crippen LogP contribution in [-0.4, -0.2) is 29.7 Å². The van der Waals surface area contributed by atoms with Crippen LogP contribution >= 0.6 is 0 Å². The van der Waals surface area contributed by atoms with Crippen molar-refractivity contribution in [3.05, 3.63) is 23.3 Å². The molecule has 0 amide bonds. The minimum atomic E-state index is 0.0884. The Morgan fingerprint density at radius 2 is 2.29 bits per heavy atom. The van der Waals surface area contributed by atoms with E-state index in [1.54, 1.807) is 6.33 Å². The first kappa shape index (κ1) is 9.55. The summed E-state index contributed by atoms with van der Waals surface area (Å²) in [5, 5.41) is 3.29. The highest BCUT2D eigenvalue weighted by atomic mass is 16.5. The fraction of sp³-hybridized carbons (Fsp3) is 0.600. The summed E-state index contributed by atoms with van der Waals surface area (Å²) in [4.78, 5) is 8.43. The molecule has 0 saturated carbocycles. The third-order valence-corrected chi connectivity index (χ3v) is 2.61. The highest BCUT2D eigenvalue weighted by Crippen LogP contribution is 2.20. The maximum atomic E-state index is 5.65. The number of morpholine rings is 1. The van der Waals surface area contributed by atoms with Crippen LogP contribution in [0, 0.1) is 13.8 Å². The maximum Gasteiger partial charge on any atom is 0.116 e. The van der Waals surface area contributed by atoms with Crippen molar-refractivity contribution in [1.82, 2.24) is 15.3 Å². The predicted octanol–water partition coefficient (Wildman–Crippen LogP) is 0.754. The number of rotatable bonds is 1. The number of hydrogen-bond acceptors (Lipinski definition) is 4. The standard InChI is InChI=1S/C10H15N3O/c1-7-8(2)12-6-13-10(7)9-5-11-3-4-14-9/h6,9,11H,3-5H2,1-2H3. The van der Waals surface area contributed by atoms with Gasteiger partial charge in [-0.25, -0.2) is 9.97 Å². The number of hydrogen-bond donors (Lipinski definition) is 1. The molecular weight excluding hydrogens is 178 g/mol. The molecule has 4 nitrogen and oxygen atoms in total. The molecule has 1 unspecified atom stereocenters. The number of aromatic nitrogens is 2. The Bertz CT molecular complexity index is 321. The monoisotopic (exact) mass is 193 g/mol. The SMILES string of the molecule is Cc1ncnc(C2CNCCO2)c1C. The molecule has 1 saturated heterocycles. The van der Waals surface area contributed by atoms with E-state index in [0.717, 1.165) is 36.6 Å². The molecule has 2 heterocycles. The van der Waals surface area contributed by atoms with Gasteiger partial charge >= 0.3 is 0 Å². The van der Waals surface area contributed by atoms with Crippen molar-refractivity contribution in [2.75, 3.05) is 19.7 Å². The lowest BCUT2D eigenvalue weighted by atomic mass is 10.1. The molecule has 1 N–H and O–H groups in total. The van der Waals surface area contributed by atoms with Gasteiger partial charge in [0.2, 0.25) is 0 Å². The normalized spacial score (nSPS) is 22.3. The van der Waals surface area contributed by atoms with Crippen molar-refractivity contribution < 1.29 is 4.74 Å². The average molecular weight is 193 g/mol. The highest BCUT2D eigenvalue weighted by molar-refractivity contribution is 5.24. The molecule has 0 bridgehead atoms. The fourth-order valence-electron chi connectivity index (χ4n) is 1.62. The van der Waals surface area contributed by atoms with E-state index >= 15 is 0 Å². The maximum absolute atomic E-state index is 5.65. The van der Waals surface area contributed by atoms with Gasteiger partial charge in [0.25, 0.3) is 0 Å². The van der Waals surface area contributed by atoms with Crippen LogP contribution < -0.4 is 5.32 Å². The van der Waals surface area contributed by atoms with E-state index in [0.29, 0.717) is 0 Å². The molecule has 0 radical (unpaired) electrons. The van der Waals surface area contributed by atoms with Gasteiger partial charge in [-0.05, 0) is 19.4 Å². The number of ether oxygens (including phenoxy) is 1. The third-order valence-electron chi connectivity index (χ3n) is 2.61. The number of aryl methyl sites for hydroxylation is 1. The van der Waals surface area contributed by atoms with Crippen LogP contribution in [0.15, 0.2) is 6.33 Å². The van der Waals surface area contributed by atoms with E-state index in [4.69, 9.17) is 4.74 Å². The Morgan fingerprint density at radius 1 is 1.43 bits per heavy atom. The van der Waals surface area contributed by atoms with E-state index in [2.05, 4.69) is 15.3 Å². The van der Waals surface area contributed by atoms with Crippen molar-refractivity contribution in [2.45, 2.75) is 20.0 Å². The number of nitrogens with one attached hydrogen (secondary N) is 1. The summed E-state index contributed by atoms with van der Waals surface area (Å²) < 4.78 is 5.65. The summed E-state index contributed by atoms with van der Waals surface area (Å²) in [5.41, 5.74) is 3.19. The van der Waals surface area contributed by atoms with Crippen molar-refractivity contribution in [1.29, 1.82) is 0 Å². The van der Waals surface area contributed by atoms with E-state index in [-0.39, 0.29) is 6.10 Å². The number of nitrogens with zero attached hydrogens (tertiary/aromatic N) is 2. The van der Waals surface area contributed by atoms with E-state index in [1.807, 2.05) is 13.8 Å². The highest BCUT2D eigenvalue weighted by Gasteiger charge is 2.19. The summed E-state index contributed by atoms with van der Waals surface area (Å²) in [6.07, 6.45) is 1.70. The van der Waals surface area contributed by atoms with Crippen LogP contribution in [0.3, 0.4) is 0 Å². The van der Waals surface area contributed by atoms with Crippen molar-refractivity contribution in [2.24, 2.45) is 0 Å². The Kier molecular flexibility index (Phi) is 2.74. The summed E-state index contributed by atoms with van der Waals surface area (Å²) in [6, 6.07) is 0. The van der Waals surface area contributed by atoms with Crippen LogP contribution in [0.2, 0.25) is 0 Å². The fourth-order valence-corrected chi connectivity index (χ4v) is 1.62. The second-order valence-corrected chi connectivity index (χ2v) is 3.53. The predicted molar refractivity (Wildman–Crippen MR) is 53.1 cm³/mol. The molecule has 1 aromatic heterocycles. The zero-order chi connectivity index (χ0) is 9.97. The smallest absolute Gasteiger partial charge is 0.116 e. The molecule has 2 rings (SSSR count). The molecule has 0 aliphatic carbocycles. The summed E-state index contributed by atoms with van der Waals surface area (Å²) in [6.45, 7) is 6.57. The van der Waals surface area contributed by atoms with Gasteiger partial charge in [-0.15, -0.1) is 0 Å². The van der Waals surface area contributed by atoms with Crippen molar-refractivity contribution >= 4 is 0 Å². The summed E-state index contributed by atoms with van der Waals surface area (Å²) in [5.74, 6) is 0. The van der Waals surface area contributed by atoms with Gasteiger partial charge in [0.05, 0.1) is 12.3 Å². The summed E-state index contributed by atoms with van der Waals surface area (Å²) in [7, 11) is 0. The van der Waals surface area contributed by atoms with Gasteiger partial charge in [0.15, 0.2) is 0 Å². The minimum absolute atomic E-state index is 0.0884. The van der Waals surface area contributed by atoms with Crippen molar-refractivity contribution in [3.8, 4) is 0 Å². The Balaban J connectivity index is 2.26. The summed E-state index contributed by atoms with van der Waals surface area (Å²) >= 11 is 0. The zero-order valence-corrected chi connectivity index (χ0v) is 8.58. The molecule has 14 heavy (non-hydrogen) atoms. The lowest BCUT2D eigenvalue weighted by Crippen LogP contribution is -2.34. The molecular formula is C10H15N3O. The average Bonchev–Trinajstić information content (AvgIpc) is 2.23. The lowest BCUT2D eigenvalue weighted by molar-refractivity contribution is 0.0245. The minimum Gasteiger partial charge on any atom is -0.369 e. The van der Waals surface area contributed by atoms with Crippen molar-refractivity contribution in [3.63, 3.8) is 0 Å². The zero-order valence-electron chi connectivity index (χ0n) is 8.58.